The van der Waals surface area contributed by atoms with Gasteiger partial charge in [-0.2, -0.15) is 13.2 Å². The van der Waals surface area contributed by atoms with E-state index in [1.165, 1.54) is 12.1 Å². The third-order valence-corrected chi connectivity index (χ3v) is 1.46. The maximum atomic E-state index is 12.2. The van der Waals surface area contributed by atoms with Crippen molar-refractivity contribution in [1.29, 1.82) is 0 Å². The van der Waals surface area contributed by atoms with Crippen molar-refractivity contribution in [2.75, 3.05) is 5.32 Å². The molecule has 0 aliphatic heterocycles. The number of hydrogen-bond acceptors (Lipinski definition) is 1. The topological polar surface area (TPSA) is 55.1 Å². The van der Waals surface area contributed by atoms with E-state index in [-0.39, 0.29) is 30.5 Å². The Morgan fingerprint density at radius 3 is 2.25 bits per heavy atom. The Kier molecular flexibility index (Phi) is 6.95. The lowest BCUT2D eigenvalue weighted by Crippen LogP contribution is -2.19. The number of rotatable bonds is 1. The van der Waals surface area contributed by atoms with Gasteiger partial charge in [-0.3, -0.25) is 0 Å². The van der Waals surface area contributed by atoms with Crippen molar-refractivity contribution in [2.45, 2.75) is 6.18 Å². The predicted octanol–water partition coefficient (Wildman–Crippen LogP) is 3.04. The summed E-state index contributed by atoms with van der Waals surface area (Å²) in [7, 11) is 0. The van der Waals surface area contributed by atoms with E-state index in [9.17, 15) is 18.0 Å². The summed E-state index contributed by atoms with van der Waals surface area (Å²) in [5, 5.41) is 2.06. The minimum absolute atomic E-state index is 0. The van der Waals surface area contributed by atoms with Crippen molar-refractivity contribution < 1.29 is 18.0 Å². The smallest absolute Gasteiger partial charge is 0.351 e. The molecule has 8 heteroatoms. The number of benzene rings is 1. The van der Waals surface area contributed by atoms with Crippen molar-refractivity contribution in [2.24, 2.45) is 5.73 Å². The molecule has 2 amide bonds. The zero-order valence-corrected chi connectivity index (χ0v) is 9.38. The van der Waals surface area contributed by atoms with Crippen LogP contribution in [0.4, 0.5) is 23.7 Å². The fourth-order valence-corrected chi connectivity index (χ4v) is 0.916. The molecule has 0 saturated carbocycles. The van der Waals surface area contributed by atoms with Crippen LogP contribution in [0.25, 0.3) is 0 Å². The van der Waals surface area contributed by atoms with Gasteiger partial charge in [-0.15, -0.1) is 24.8 Å². The Labute approximate surface area is 102 Å². The summed E-state index contributed by atoms with van der Waals surface area (Å²) in [5.41, 5.74) is 3.94. The summed E-state index contributed by atoms with van der Waals surface area (Å²) in [4.78, 5) is 10.4. The molecule has 0 saturated heterocycles. The third-order valence-electron chi connectivity index (χ3n) is 1.46. The van der Waals surface area contributed by atoms with E-state index in [0.29, 0.717) is 0 Å². The Bertz CT molecular complexity index is 357. The average molecular weight is 277 g/mol. The highest BCUT2D eigenvalue weighted by Crippen LogP contribution is 2.30. The molecule has 0 unspecified atom stereocenters. The number of amides is 2. The minimum atomic E-state index is -4.42. The van der Waals surface area contributed by atoms with Crippen molar-refractivity contribution in [1.82, 2.24) is 0 Å². The largest absolute Gasteiger partial charge is 0.416 e. The lowest BCUT2D eigenvalue weighted by atomic mass is 10.2. The summed E-state index contributed by atoms with van der Waals surface area (Å²) < 4.78 is 36.5. The molecular weight excluding hydrogens is 268 g/mol. The highest BCUT2D eigenvalue weighted by molar-refractivity contribution is 5.87. The maximum Gasteiger partial charge on any atom is 0.416 e. The second-order valence-electron chi connectivity index (χ2n) is 2.57. The van der Waals surface area contributed by atoms with Gasteiger partial charge in [0, 0.05) is 5.69 Å². The number of carbonyl (C=O) groups is 1. The van der Waals surface area contributed by atoms with Gasteiger partial charge in [0.1, 0.15) is 0 Å². The van der Waals surface area contributed by atoms with Gasteiger partial charge in [0.05, 0.1) is 5.56 Å². The zero-order valence-electron chi connectivity index (χ0n) is 7.75. The number of anilines is 1. The summed E-state index contributed by atoms with van der Waals surface area (Å²) >= 11 is 0. The number of nitrogens with one attached hydrogen (secondary N) is 1. The fraction of sp³-hybridized carbons (Fsp3) is 0.125. The highest BCUT2D eigenvalue weighted by atomic mass is 35.5. The molecule has 3 N–H and O–H groups in total. The van der Waals surface area contributed by atoms with E-state index in [2.05, 4.69) is 5.32 Å². The van der Waals surface area contributed by atoms with Crippen molar-refractivity contribution in [3.63, 3.8) is 0 Å². The van der Waals surface area contributed by atoms with E-state index in [4.69, 9.17) is 5.73 Å². The van der Waals surface area contributed by atoms with Crippen LogP contribution in [0.2, 0.25) is 0 Å². The summed E-state index contributed by atoms with van der Waals surface area (Å²) in [6.45, 7) is 0. The molecule has 0 bridgehead atoms. The Hall–Kier alpha value is -1.14. The van der Waals surface area contributed by atoms with E-state index >= 15 is 0 Å². The number of primary amides is 1. The van der Waals surface area contributed by atoms with Gasteiger partial charge in [0.25, 0.3) is 0 Å². The van der Waals surface area contributed by atoms with Gasteiger partial charge >= 0.3 is 12.2 Å². The normalized spacial score (nSPS) is 9.69. The number of alkyl halides is 3. The van der Waals surface area contributed by atoms with Gasteiger partial charge in [-0.25, -0.2) is 4.79 Å². The molecule has 3 nitrogen and oxygen atoms in total. The molecule has 0 aromatic heterocycles. The van der Waals surface area contributed by atoms with Crippen molar-refractivity contribution >= 4 is 36.5 Å². The van der Waals surface area contributed by atoms with Crippen LogP contribution in [0.15, 0.2) is 24.3 Å². The summed E-state index contributed by atoms with van der Waals surface area (Å²) in [6, 6.07) is 3.33. The summed E-state index contributed by atoms with van der Waals surface area (Å²) in [5.74, 6) is 0. The van der Waals surface area contributed by atoms with Gasteiger partial charge in [-0.1, -0.05) is 6.07 Å². The Balaban J connectivity index is 0. The molecule has 16 heavy (non-hydrogen) atoms. The van der Waals surface area contributed by atoms with E-state index in [1.807, 2.05) is 0 Å². The quantitative estimate of drug-likeness (QED) is 0.814. The molecular formula is C8H9Cl2F3N2O. The molecule has 0 radical (unpaired) electrons. The molecule has 1 rings (SSSR count). The maximum absolute atomic E-state index is 12.2. The van der Waals surface area contributed by atoms with Crippen LogP contribution >= 0.6 is 24.8 Å². The van der Waals surface area contributed by atoms with Crippen LogP contribution in [0, 0.1) is 0 Å². The van der Waals surface area contributed by atoms with Crippen LogP contribution in [-0.4, -0.2) is 6.03 Å². The first-order chi connectivity index (χ1) is 6.39. The molecule has 0 atom stereocenters. The van der Waals surface area contributed by atoms with E-state index in [1.54, 1.807) is 0 Å². The van der Waals surface area contributed by atoms with Crippen molar-refractivity contribution in [3.8, 4) is 0 Å². The SMILES string of the molecule is Cl.Cl.NC(=O)Nc1cccc(C(F)(F)F)c1. The van der Waals surface area contributed by atoms with Crippen LogP contribution in [-0.2, 0) is 6.18 Å². The summed E-state index contributed by atoms with van der Waals surface area (Å²) in [6.07, 6.45) is -4.42. The van der Waals surface area contributed by atoms with Crippen LogP contribution in [0.3, 0.4) is 0 Å². The predicted molar refractivity (Wildman–Crippen MR) is 59.1 cm³/mol. The Morgan fingerprint density at radius 2 is 1.81 bits per heavy atom. The molecule has 92 valence electrons. The number of hydrogen-bond donors (Lipinski definition) is 2. The third kappa shape index (κ3) is 5.09. The van der Waals surface area contributed by atoms with E-state index < -0.39 is 17.8 Å². The van der Waals surface area contributed by atoms with Crippen LogP contribution in [0.1, 0.15) is 5.56 Å². The number of nitrogens with two attached hydrogens (primary N) is 1. The number of halogens is 5. The fourth-order valence-electron chi connectivity index (χ4n) is 0.916. The van der Waals surface area contributed by atoms with Gasteiger partial charge < -0.3 is 11.1 Å². The second-order valence-corrected chi connectivity index (χ2v) is 2.57. The first-order valence-corrected chi connectivity index (χ1v) is 3.63. The van der Waals surface area contributed by atoms with Crippen LogP contribution in [0.5, 0.6) is 0 Å². The molecule has 1 aromatic rings. The lowest BCUT2D eigenvalue weighted by Gasteiger charge is -2.08. The zero-order chi connectivity index (χ0) is 10.8. The van der Waals surface area contributed by atoms with Gasteiger partial charge in [0.15, 0.2) is 0 Å². The molecule has 0 aliphatic carbocycles. The van der Waals surface area contributed by atoms with E-state index in [0.717, 1.165) is 12.1 Å². The number of carbonyl (C=O) groups excluding carboxylic acids is 1. The first-order valence-electron chi connectivity index (χ1n) is 3.63. The monoisotopic (exact) mass is 276 g/mol. The standard InChI is InChI=1S/C8H7F3N2O.2ClH/c9-8(10,11)5-2-1-3-6(4-5)13-7(12)14;;/h1-4H,(H3,12,13,14);2*1H. The highest BCUT2D eigenvalue weighted by Gasteiger charge is 2.30. The minimum Gasteiger partial charge on any atom is -0.351 e. The molecule has 1 aromatic carbocycles. The number of urea groups is 1. The second kappa shape index (κ2) is 6.44. The molecule has 0 spiro atoms. The van der Waals surface area contributed by atoms with Crippen molar-refractivity contribution in [3.05, 3.63) is 29.8 Å². The van der Waals surface area contributed by atoms with Gasteiger partial charge in [-0.05, 0) is 18.2 Å². The molecule has 0 aliphatic rings. The van der Waals surface area contributed by atoms with Gasteiger partial charge in [0.2, 0.25) is 0 Å². The lowest BCUT2D eigenvalue weighted by molar-refractivity contribution is -0.137. The first kappa shape index (κ1) is 17.3. The molecule has 0 fully saturated rings. The average Bonchev–Trinajstić information content (AvgIpc) is 2.01. The molecule has 0 heterocycles. The van der Waals surface area contributed by atoms with Crippen LogP contribution < -0.4 is 11.1 Å². The Morgan fingerprint density at radius 1 is 1.25 bits per heavy atom.